The van der Waals surface area contributed by atoms with E-state index in [0.717, 1.165) is 109 Å². The molecule has 5 atom stereocenters. The summed E-state index contributed by atoms with van der Waals surface area (Å²) in [5.74, 6) is -2.48. The highest BCUT2D eigenvalue weighted by Crippen LogP contribution is 2.45. The number of hydrogen-bond acceptors (Lipinski definition) is 15. The maximum atomic E-state index is 13.1. The molecule has 2 unspecified atom stereocenters. The van der Waals surface area contributed by atoms with E-state index < -0.39 is 97.5 Å². The molecule has 0 aromatic carbocycles. The molecule has 0 aromatic heterocycles. The van der Waals surface area contributed by atoms with Gasteiger partial charge in [0.05, 0.1) is 26.4 Å². The lowest BCUT2D eigenvalue weighted by Crippen LogP contribution is -2.30. The number of aliphatic hydroxyl groups excluding tert-OH is 1. The van der Waals surface area contributed by atoms with Gasteiger partial charge < -0.3 is 33.8 Å². The predicted molar refractivity (Wildman–Crippen MR) is 463 cm³/mol. The second kappa shape index (κ2) is 82.9. The van der Waals surface area contributed by atoms with E-state index in [0.29, 0.717) is 44.9 Å². The number of aliphatic hydroxyl groups is 1. The number of unbranched alkanes of at least 4 members (excludes halogenated alkanes) is 20. The van der Waals surface area contributed by atoms with E-state index in [1.54, 1.807) is 0 Å². The van der Waals surface area contributed by atoms with Crippen LogP contribution in [0, 0.1) is 0 Å². The molecule has 0 amide bonds. The van der Waals surface area contributed by atoms with Gasteiger partial charge in [-0.15, -0.1) is 0 Å². The zero-order chi connectivity index (χ0) is 81.7. The number of phosphoric ester groups is 2. The number of esters is 4. The molecule has 0 fully saturated rings. The van der Waals surface area contributed by atoms with Gasteiger partial charge in [0, 0.05) is 25.7 Å². The Morgan fingerprint density at radius 1 is 0.259 bits per heavy atom. The SMILES string of the molecule is CC/C=C\C/C=C\C/C=C\C/C=C\C/C=C\C/C=C\CCC(=O)O[C@H](COC(=O)CCCCCCCCCCCCCCCCC)COP(=O)(O)OC[C@H](O)COP(=O)(O)OC[C@@H](COC(=O)CC/C=C\C/C=C\C/C=C\C/C=C\C/C=C\CCCCC)OC(=O)CC/C=C\C/C=C\C/C=C\C/C=C\C/C=C\CCCCC. The Bertz CT molecular complexity index is 2890. The van der Waals surface area contributed by atoms with Crippen LogP contribution in [0.3, 0.4) is 0 Å². The average Bonchev–Trinajstić information content (AvgIpc) is 0.897. The molecule has 17 nitrogen and oxygen atoms in total. The molecule has 0 heterocycles. The van der Waals surface area contributed by atoms with Gasteiger partial charge >= 0.3 is 39.5 Å². The maximum absolute atomic E-state index is 13.1. The summed E-state index contributed by atoms with van der Waals surface area (Å²) in [6, 6.07) is 0. The minimum atomic E-state index is -5.03. The summed E-state index contributed by atoms with van der Waals surface area (Å²) < 4.78 is 68.5. The summed E-state index contributed by atoms with van der Waals surface area (Å²) in [6.45, 7) is 4.45. The van der Waals surface area contributed by atoms with Gasteiger partial charge in [-0.1, -0.05) is 338 Å². The first kappa shape index (κ1) is 106. The first-order chi connectivity index (χ1) is 54.7. The number of carbonyl (C=O) groups excluding carboxylic acids is 4. The molecule has 0 saturated heterocycles. The minimum Gasteiger partial charge on any atom is -0.462 e. The van der Waals surface area contributed by atoms with E-state index in [-0.39, 0.29) is 25.7 Å². The molecule has 19 heteroatoms. The lowest BCUT2D eigenvalue weighted by molar-refractivity contribution is -0.161. The van der Waals surface area contributed by atoms with Gasteiger partial charge in [-0.25, -0.2) is 9.13 Å². The molecular formula is C93H150O17P2. The molecule has 3 N–H and O–H groups in total. The fourth-order valence-electron chi connectivity index (χ4n) is 10.6. The molecule has 0 saturated carbocycles. The van der Waals surface area contributed by atoms with Crippen LogP contribution in [0.5, 0.6) is 0 Å². The zero-order valence-electron chi connectivity index (χ0n) is 69.5. The van der Waals surface area contributed by atoms with Crippen molar-refractivity contribution in [1.29, 1.82) is 0 Å². The Kier molecular flexibility index (Phi) is 78.4. The van der Waals surface area contributed by atoms with Crippen LogP contribution in [0.1, 0.15) is 310 Å². The third-order valence-electron chi connectivity index (χ3n) is 17.1. The van der Waals surface area contributed by atoms with Gasteiger partial charge in [-0.3, -0.25) is 37.3 Å². The normalized spacial score (nSPS) is 14.7. The highest BCUT2D eigenvalue weighted by Gasteiger charge is 2.30. The van der Waals surface area contributed by atoms with E-state index in [1.165, 1.54) is 103 Å². The van der Waals surface area contributed by atoms with Crippen LogP contribution >= 0.6 is 15.6 Å². The van der Waals surface area contributed by atoms with Gasteiger partial charge in [0.1, 0.15) is 19.3 Å². The van der Waals surface area contributed by atoms with Crippen molar-refractivity contribution in [3.05, 3.63) is 194 Å². The fraction of sp³-hybridized carbons (Fsp3) is 0.613. The molecule has 112 heavy (non-hydrogen) atoms. The summed E-state index contributed by atoms with van der Waals surface area (Å²) in [6.07, 6.45) is 103. The van der Waals surface area contributed by atoms with Crippen LogP contribution < -0.4 is 0 Å². The Morgan fingerprint density at radius 3 is 0.768 bits per heavy atom. The molecule has 0 aliphatic heterocycles. The molecule has 0 radical (unpaired) electrons. The topological polar surface area (TPSA) is 237 Å². The van der Waals surface area contributed by atoms with Gasteiger partial charge in [0.15, 0.2) is 12.2 Å². The lowest BCUT2D eigenvalue weighted by atomic mass is 10.0. The molecule has 634 valence electrons. The van der Waals surface area contributed by atoms with E-state index in [9.17, 15) is 43.2 Å². The first-order valence-corrected chi connectivity index (χ1v) is 45.7. The summed E-state index contributed by atoms with van der Waals surface area (Å²) in [4.78, 5) is 73.1. The number of hydrogen-bond donors (Lipinski definition) is 3. The standard InChI is InChI=1S/C93H150O17P2/c1-5-9-13-17-21-25-29-33-37-40-43-46-50-54-58-62-66-70-74-78-91(96)104-84-89(110-93(98)80-76-72-68-64-60-56-52-48-45-42-39-35-31-27-23-19-15-11-7-3)86-108-112(101,102)106-82-87(94)81-105-111(99,100)107-85-88(83-103-90(95)77-73-69-65-61-57-53-49-36-32-28-24-20-16-12-8-4)109-92(97)79-75-71-67-63-59-55-51-47-44-41-38-34-30-26-22-18-14-10-6-2/h10,14,21-23,25-27,33-35,37-39,43-48,54-56,58-60,66-68,70-72,87-89,94H,5-9,11-13,15-20,24,28-32,36,40-42,49-53,57,61-65,69,73-86H2,1-4H3,(H,99,100)(H,101,102)/b14-10-,25-21-,26-22-,27-23-,37-33-,38-34-,39-35-,46-43-,47-44-,48-45-,58-54-,59-55-,60-56-,70-66-,71-67-,72-68-/t87-,88+,89+/m0/s1. The smallest absolute Gasteiger partial charge is 0.462 e. The maximum Gasteiger partial charge on any atom is 0.472 e. The minimum absolute atomic E-state index is 0.0135. The van der Waals surface area contributed by atoms with E-state index in [2.05, 4.69) is 167 Å². The molecule has 0 aromatic rings. The monoisotopic (exact) mass is 1600 g/mol. The van der Waals surface area contributed by atoms with Crippen molar-refractivity contribution < 1.29 is 80.2 Å². The van der Waals surface area contributed by atoms with Crippen molar-refractivity contribution in [2.75, 3.05) is 39.6 Å². The second-order valence-corrected chi connectivity index (χ2v) is 30.6. The second-order valence-electron chi connectivity index (χ2n) is 27.7. The van der Waals surface area contributed by atoms with Gasteiger partial charge in [-0.05, 0) is 141 Å². The van der Waals surface area contributed by atoms with Gasteiger partial charge in [-0.2, -0.15) is 0 Å². The number of ether oxygens (including phenoxy) is 4. The Labute approximate surface area is 678 Å². The highest BCUT2D eigenvalue weighted by atomic mass is 31.2. The van der Waals surface area contributed by atoms with E-state index in [1.807, 2.05) is 54.7 Å². The fourth-order valence-corrected chi connectivity index (χ4v) is 12.2. The van der Waals surface area contributed by atoms with Crippen molar-refractivity contribution in [1.82, 2.24) is 0 Å². The molecular weight excluding hydrogens is 1450 g/mol. The molecule has 0 bridgehead atoms. The molecule has 0 aliphatic rings. The van der Waals surface area contributed by atoms with Crippen molar-refractivity contribution in [3.63, 3.8) is 0 Å². The van der Waals surface area contributed by atoms with Crippen LogP contribution in [-0.4, -0.2) is 96.7 Å². The van der Waals surface area contributed by atoms with Crippen molar-refractivity contribution in [2.24, 2.45) is 0 Å². The first-order valence-electron chi connectivity index (χ1n) is 42.7. The van der Waals surface area contributed by atoms with Crippen LogP contribution in [0.15, 0.2) is 194 Å². The van der Waals surface area contributed by atoms with Crippen LogP contribution in [0.4, 0.5) is 0 Å². The van der Waals surface area contributed by atoms with Crippen LogP contribution in [-0.2, 0) is 65.4 Å². The molecule has 0 rings (SSSR count). The number of rotatable bonds is 78. The summed E-state index contributed by atoms with van der Waals surface area (Å²) in [7, 11) is -10.1. The number of phosphoric acid groups is 2. The summed E-state index contributed by atoms with van der Waals surface area (Å²) in [5, 5.41) is 10.7. The van der Waals surface area contributed by atoms with Crippen LogP contribution in [0.25, 0.3) is 0 Å². The van der Waals surface area contributed by atoms with Crippen LogP contribution in [0.2, 0.25) is 0 Å². The average molecular weight is 1600 g/mol. The quantitative estimate of drug-likeness (QED) is 0.0169. The number of allylic oxidation sites excluding steroid dienone is 32. The van der Waals surface area contributed by atoms with Gasteiger partial charge in [0.25, 0.3) is 0 Å². The van der Waals surface area contributed by atoms with Crippen molar-refractivity contribution in [2.45, 2.75) is 329 Å². The summed E-state index contributed by atoms with van der Waals surface area (Å²) >= 11 is 0. The molecule has 0 aliphatic carbocycles. The Morgan fingerprint density at radius 2 is 0.482 bits per heavy atom. The largest absolute Gasteiger partial charge is 0.472 e. The molecule has 0 spiro atoms. The van der Waals surface area contributed by atoms with Crippen molar-refractivity contribution in [3.8, 4) is 0 Å². The lowest BCUT2D eigenvalue weighted by Gasteiger charge is -2.21. The van der Waals surface area contributed by atoms with Gasteiger partial charge in [0.2, 0.25) is 0 Å². The van der Waals surface area contributed by atoms with E-state index >= 15 is 0 Å². The Hall–Kier alpha value is -6.10. The number of carbonyl (C=O) groups is 4. The third kappa shape index (κ3) is 81.9. The summed E-state index contributed by atoms with van der Waals surface area (Å²) in [5.41, 5.74) is 0. The third-order valence-corrected chi connectivity index (χ3v) is 19.0. The Balaban J connectivity index is 5.60. The predicted octanol–water partition coefficient (Wildman–Crippen LogP) is 25.7. The van der Waals surface area contributed by atoms with Crippen molar-refractivity contribution >= 4 is 39.5 Å². The van der Waals surface area contributed by atoms with E-state index in [4.69, 9.17) is 37.0 Å². The zero-order valence-corrected chi connectivity index (χ0v) is 71.3. The highest BCUT2D eigenvalue weighted by molar-refractivity contribution is 7.47.